The van der Waals surface area contributed by atoms with E-state index in [-0.39, 0.29) is 11.2 Å². The lowest BCUT2D eigenvalue weighted by molar-refractivity contribution is 0.277. The molecule has 1 saturated heterocycles. The Hall–Kier alpha value is -2.06. The molecule has 3 heterocycles. The summed E-state index contributed by atoms with van der Waals surface area (Å²) in [6, 6.07) is 9.63. The minimum absolute atomic E-state index is 0.0595. The molecule has 0 aliphatic carbocycles. The van der Waals surface area contributed by atoms with E-state index in [1.807, 2.05) is 24.3 Å². The molecule has 32 heavy (non-hydrogen) atoms. The molecule has 170 valence electrons. The van der Waals surface area contributed by atoms with Crippen molar-refractivity contribution < 1.29 is 8.81 Å². The molecule has 9 heteroatoms. The Balaban J connectivity index is 1.20. The number of pyridine rings is 1. The highest BCUT2D eigenvalue weighted by atomic mass is 35.5. The van der Waals surface area contributed by atoms with Crippen molar-refractivity contribution in [3.05, 3.63) is 64.0 Å². The van der Waals surface area contributed by atoms with E-state index in [4.69, 9.17) is 27.6 Å². The van der Waals surface area contributed by atoms with Crippen LogP contribution >= 0.6 is 23.2 Å². The average Bonchev–Trinajstić information content (AvgIpc) is 3.27. The van der Waals surface area contributed by atoms with Crippen molar-refractivity contribution in [1.29, 1.82) is 0 Å². The zero-order valence-electron chi connectivity index (χ0n) is 17.8. The smallest absolute Gasteiger partial charge is 0.247 e. The molecule has 1 aliphatic rings. The third-order valence-corrected chi connectivity index (χ3v) is 6.25. The predicted octanol–water partition coefficient (Wildman–Crippen LogP) is 5.37. The molecular formula is C23H26Cl2FN5O. The molecule has 1 aromatic carbocycles. The molecule has 6 nitrogen and oxygen atoms in total. The van der Waals surface area contributed by atoms with E-state index in [0.29, 0.717) is 28.9 Å². The van der Waals surface area contributed by atoms with Crippen LogP contribution in [0.15, 0.2) is 40.9 Å². The maximum atomic E-state index is 13.5. The van der Waals surface area contributed by atoms with Crippen LogP contribution in [0.4, 0.5) is 4.39 Å². The van der Waals surface area contributed by atoms with E-state index < -0.39 is 5.82 Å². The van der Waals surface area contributed by atoms with Gasteiger partial charge in [0.25, 0.3) is 0 Å². The normalized spacial score (nSPS) is 19.8. The van der Waals surface area contributed by atoms with Gasteiger partial charge in [-0.1, -0.05) is 23.2 Å². The van der Waals surface area contributed by atoms with Gasteiger partial charge in [-0.2, -0.15) is 0 Å². The van der Waals surface area contributed by atoms with E-state index in [2.05, 4.69) is 32.7 Å². The van der Waals surface area contributed by atoms with E-state index in [0.717, 1.165) is 49.8 Å². The van der Waals surface area contributed by atoms with Crippen molar-refractivity contribution in [3.63, 3.8) is 0 Å². The predicted molar refractivity (Wildman–Crippen MR) is 123 cm³/mol. The van der Waals surface area contributed by atoms with E-state index in [9.17, 15) is 4.39 Å². The van der Waals surface area contributed by atoms with Crippen molar-refractivity contribution in [2.75, 3.05) is 6.54 Å². The first-order valence-electron chi connectivity index (χ1n) is 10.9. The standard InChI is InChI=1S/C23H26Cl2FN5O/c1-14(3-2-4-15-11-19(26)21(25)28-12-15)29-18-9-10-20(27-13-18)23-31-30-22(32-23)16-5-7-17(24)8-6-16/h5-8,11-12,14,18,20,27,29H,2-4,9-10,13H2,1H3/t14?,18-,20+/m0/s1. The minimum atomic E-state index is -0.459. The van der Waals surface area contributed by atoms with Crippen LogP contribution in [0, 0.1) is 5.82 Å². The quantitative estimate of drug-likeness (QED) is 0.424. The van der Waals surface area contributed by atoms with Crippen LogP contribution in [-0.2, 0) is 6.42 Å². The molecule has 1 unspecified atom stereocenters. The molecule has 1 aliphatic heterocycles. The SMILES string of the molecule is CC(CCCc1cnc(Cl)c(F)c1)N[C@H]1CC[C@H](c2nnc(-c3ccc(Cl)cc3)o2)NC1. The van der Waals surface area contributed by atoms with E-state index in [1.165, 1.54) is 6.07 Å². The van der Waals surface area contributed by atoms with Gasteiger partial charge < -0.3 is 15.1 Å². The summed E-state index contributed by atoms with van der Waals surface area (Å²) in [5, 5.41) is 16.2. The second-order valence-corrected chi connectivity index (χ2v) is 9.06. The van der Waals surface area contributed by atoms with Gasteiger partial charge >= 0.3 is 0 Å². The number of piperidine rings is 1. The fraction of sp³-hybridized carbons (Fsp3) is 0.435. The fourth-order valence-corrected chi connectivity index (χ4v) is 4.22. The van der Waals surface area contributed by atoms with Crippen molar-refractivity contribution in [3.8, 4) is 11.5 Å². The Morgan fingerprint density at radius 3 is 2.75 bits per heavy atom. The van der Waals surface area contributed by atoms with Crippen molar-refractivity contribution in [1.82, 2.24) is 25.8 Å². The van der Waals surface area contributed by atoms with Gasteiger partial charge in [0, 0.05) is 35.4 Å². The zero-order chi connectivity index (χ0) is 22.5. The summed E-state index contributed by atoms with van der Waals surface area (Å²) in [4.78, 5) is 3.87. The maximum absolute atomic E-state index is 13.5. The lowest BCUT2D eigenvalue weighted by Gasteiger charge is -2.31. The second kappa shape index (κ2) is 10.7. The Bertz CT molecular complexity index is 1020. The first-order chi connectivity index (χ1) is 15.5. The second-order valence-electron chi connectivity index (χ2n) is 8.26. The number of rotatable bonds is 8. The molecule has 0 saturated carbocycles. The van der Waals surface area contributed by atoms with Crippen LogP contribution < -0.4 is 10.6 Å². The lowest BCUT2D eigenvalue weighted by atomic mass is 9.99. The van der Waals surface area contributed by atoms with Gasteiger partial charge in [-0.3, -0.25) is 0 Å². The molecule has 0 spiro atoms. The molecular weight excluding hydrogens is 452 g/mol. The third kappa shape index (κ3) is 6.04. The lowest BCUT2D eigenvalue weighted by Crippen LogP contribution is -2.47. The number of hydrogen-bond acceptors (Lipinski definition) is 6. The highest BCUT2D eigenvalue weighted by Crippen LogP contribution is 2.26. The monoisotopic (exact) mass is 477 g/mol. The first kappa shape index (κ1) is 23.1. The van der Waals surface area contributed by atoms with Crippen LogP contribution in [0.2, 0.25) is 10.2 Å². The largest absolute Gasteiger partial charge is 0.419 e. The molecule has 2 aromatic heterocycles. The number of halogens is 3. The van der Waals surface area contributed by atoms with Gasteiger partial charge in [-0.05, 0) is 74.9 Å². The summed E-state index contributed by atoms with van der Waals surface area (Å²) in [7, 11) is 0. The minimum Gasteiger partial charge on any atom is -0.419 e. The topological polar surface area (TPSA) is 75.9 Å². The highest BCUT2D eigenvalue weighted by molar-refractivity contribution is 6.30. The number of nitrogens with zero attached hydrogens (tertiary/aromatic N) is 3. The van der Waals surface area contributed by atoms with Crippen LogP contribution in [0.3, 0.4) is 0 Å². The van der Waals surface area contributed by atoms with E-state index in [1.54, 1.807) is 6.20 Å². The molecule has 1 fully saturated rings. The van der Waals surface area contributed by atoms with E-state index >= 15 is 0 Å². The number of hydrogen-bond donors (Lipinski definition) is 2. The van der Waals surface area contributed by atoms with Gasteiger partial charge in [-0.15, -0.1) is 10.2 Å². The summed E-state index contributed by atoms with van der Waals surface area (Å²) < 4.78 is 19.4. The van der Waals surface area contributed by atoms with Crippen LogP contribution in [-0.4, -0.2) is 33.8 Å². The Morgan fingerprint density at radius 1 is 1.22 bits per heavy atom. The van der Waals surface area contributed by atoms with Gasteiger partial charge in [0.2, 0.25) is 11.8 Å². The van der Waals surface area contributed by atoms with Crippen molar-refractivity contribution >= 4 is 23.2 Å². The molecule has 2 N–H and O–H groups in total. The number of nitrogens with one attached hydrogen (secondary N) is 2. The third-order valence-electron chi connectivity index (χ3n) is 5.72. The van der Waals surface area contributed by atoms with Gasteiger partial charge in [0.05, 0.1) is 6.04 Å². The van der Waals surface area contributed by atoms with Gasteiger partial charge in [0.15, 0.2) is 11.0 Å². The van der Waals surface area contributed by atoms with Crippen LogP contribution in [0.25, 0.3) is 11.5 Å². The number of benzene rings is 1. The molecule has 3 aromatic rings. The Labute approximate surface area is 196 Å². The van der Waals surface area contributed by atoms with Crippen LogP contribution in [0.5, 0.6) is 0 Å². The van der Waals surface area contributed by atoms with Crippen LogP contribution in [0.1, 0.15) is 50.1 Å². The van der Waals surface area contributed by atoms with Crippen molar-refractivity contribution in [2.45, 2.75) is 57.2 Å². The highest BCUT2D eigenvalue weighted by Gasteiger charge is 2.26. The average molecular weight is 478 g/mol. The zero-order valence-corrected chi connectivity index (χ0v) is 19.3. The number of aromatic nitrogens is 3. The summed E-state index contributed by atoms with van der Waals surface area (Å²) in [5.74, 6) is 0.660. The first-order valence-corrected chi connectivity index (χ1v) is 11.6. The summed E-state index contributed by atoms with van der Waals surface area (Å²) in [6.45, 7) is 3.02. The maximum Gasteiger partial charge on any atom is 0.247 e. The molecule has 0 amide bonds. The molecule has 4 rings (SSSR count). The Morgan fingerprint density at radius 2 is 2.03 bits per heavy atom. The molecule has 0 radical (unpaired) electrons. The summed E-state index contributed by atoms with van der Waals surface area (Å²) in [5.41, 5.74) is 1.73. The molecule has 3 atom stereocenters. The number of aryl methyl sites for hydroxylation is 1. The van der Waals surface area contributed by atoms with Gasteiger partial charge in [-0.25, -0.2) is 9.37 Å². The Kier molecular flexibility index (Phi) is 7.73. The summed E-state index contributed by atoms with van der Waals surface area (Å²) in [6.07, 6.45) is 6.32. The fourth-order valence-electron chi connectivity index (χ4n) is 3.99. The van der Waals surface area contributed by atoms with Crippen molar-refractivity contribution in [2.24, 2.45) is 0 Å². The molecule has 0 bridgehead atoms. The van der Waals surface area contributed by atoms with Gasteiger partial charge in [0.1, 0.15) is 0 Å². The summed E-state index contributed by atoms with van der Waals surface area (Å²) >= 11 is 11.6.